The molecule has 2 rings (SSSR count). The Kier molecular flexibility index (Phi) is 4.48. The van der Waals surface area contributed by atoms with Gasteiger partial charge in [-0.3, -0.25) is 4.79 Å². The van der Waals surface area contributed by atoms with Crippen LogP contribution in [0.3, 0.4) is 0 Å². The average molecular weight is 285 g/mol. The molecule has 0 saturated carbocycles. The van der Waals surface area contributed by atoms with Gasteiger partial charge in [0.25, 0.3) is 0 Å². The Hall–Kier alpha value is -2.49. The van der Waals surface area contributed by atoms with Crippen molar-refractivity contribution in [2.45, 2.75) is 20.3 Å². The number of phenols is 1. The zero-order valence-corrected chi connectivity index (χ0v) is 12.4. The molecule has 110 valence electrons. The van der Waals surface area contributed by atoms with Gasteiger partial charge < -0.3 is 15.2 Å². The predicted molar refractivity (Wildman–Crippen MR) is 81.9 cm³/mol. The molecule has 1 amide bonds. The third-order valence-corrected chi connectivity index (χ3v) is 3.22. The molecule has 0 unspecified atom stereocenters. The van der Waals surface area contributed by atoms with Crippen LogP contribution < -0.4 is 10.1 Å². The van der Waals surface area contributed by atoms with Crippen molar-refractivity contribution in [3.63, 3.8) is 0 Å². The molecule has 0 aliphatic rings. The molecule has 0 aromatic heterocycles. The van der Waals surface area contributed by atoms with Gasteiger partial charge in [0.2, 0.25) is 5.91 Å². The van der Waals surface area contributed by atoms with E-state index in [1.807, 2.05) is 26.0 Å². The summed E-state index contributed by atoms with van der Waals surface area (Å²) in [4.78, 5) is 11.4. The molecule has 0 radical (unpaired) electrons. The summed E-state index contributed by atoms with van der Waals surface area (Å²) in [5.41, 5.74) is 2.91. The zero-order valence-electron chi connectivity index (χ0n) is 12.4. The van der Waals surface area contributed by atoms with E-state index in [0.29, 0.717) is 12.2 Å². The van der Waals surface area contributed by atoms with Crippen LogP contribution in [0.4, 0.5) is 0 Å². The van der Waals surface area contributed by atoms with Crippen molar-refractivity contribution in [1.29, 1.82) is 0 Å². The van der Waals surface area contributed by atoms with Crippen LogP contribution in [-0.4, -0.2) is 18.1 Å². The van der Waals surface area contributed by atoms with Gasteiger partial charge in [0.1, 0.15) is 17.2 Å². The molecule has 21 heavy (non-hydrogen) atoms. The van der Waals surface area contributed by atoms with Crippen LogP contribution in [0.1, 0.15) is 16.7 Å². The quantitative estimate of drug-likeness (QED) is 0.907. The third-order valence-electron chi connectivity index (χ3n) is 3.22. The van der Waals surface area contributed by atoms with Crippen LogP contribution >= 0.6 is 0 Å². The van der Waals surface area contributed by atoms with Gasteiger partial charge in [-0.1, -0.05) is 12.1 Å². The summed E-state index contributed by atoms with van der Waals surface area (Å²) in [6.45, 7) is 3.91. The Morgan fingerprint density at radius 3 is 2.24 bits per heavy atom. The van der Waals surface area contributed by atoms with E-state index in [9.17, 15) is 9.90 Å². The van der Waals surface area contributed by atoms with Crippen LogP contribution in [0.15, 0.2) is 36.4 Å². The number of amides is 1. The fourth-order valence-corrected chi connectivity index (χ4v) is 2.21. The Morgan fingerprint density at radius 2 is 1.71 bits per heavy atom. The monoisotopic (exact) mass is 285 g/mol. The molecular formula is C17H19NO3. The highest BCUT2D eigenvalue weighted by Crippen LogP contribution is 2.30. The summed E-state index contributed by atoms with van der Waals surface area (Å²) in [5, 5.41) is 11.9. The van der Waals surface area contributed by atoms with Crippen molar-refractivity contribution in [1.82, 2.24) is 5.32 Å². The second-order valence-electron chi connectivity index (χ2n) is 5.00. The largest absolute Gasteiger partial charge is 0.508 e. The number of hydrogen-bond acceptors (Lipinski definition) is 3. The van der Waals surface area contributed by atoms with Gasteiger partial charge in [0.15, 0.2) is 0 Å². The van der Waals surface area contributed by atoms with Crippen LogP contribution in [0.2, 0.25) is 0 Å². The fraction of sp³-hybridized carbons (Fsp3) is 0.235. The van der Waals surface area contributed by atoms with Gasteiger partial charge >= 0.3 is 0 Å². The van der Waals surface area contributed by atoms with Gasteiger partial charge in [-0.2, -0.15) is 0 Å². The maximum absolute atomic E-state index is 11.4. The maximum atomic E-state index is 11.4. The number of hydrogen-bond donors (Lipinski definition) is 2. The molecule has 0 fully saturated rings. The number of nitrogens with one attached hydrogen (secondary N) is 1. The van der Waals surface area contributed by atoms with E-state index in [1.165, 1.54) is 0 Å². The summed E-state index contributed by atoms with van der Waals surface area (Å²) in [6.07, 6.45) is 0.359. The summed E-state index contributed by atoms with van der Waals surface area (Å²) < 4.78 is 5.87. The highest BCUT2D eigenvalue weighted by atomic mass is 16.5. The van der Waals surface area contributed by atoms with Crippen LogP contribution in [-0.2, 0) is 11.2 Å². The molecule has 0 bridgehead atoms. The fourth-order valence-electron chi connectivity index (χ4n) is 2.21. The topological polar surface area (TPSA) is 58.6 Å². The highest BCUT2D eigenvalue weighted by molar-refractivity contribution is 5.78. The van der Waals surface area contributed by atoms with Crippen LogP contribution in [0, 0.1) is 13.8 Å². The lowest BCUT2D eigenvalue weighted by atomic mass is 10.0. The SMILES string of the molecule is CNC(=O)Cc1cc(C)c(Oc2ccc(O)cc2)c(C)c1. The van der Waals surface area contributed by atoms with Crippen molar-refractivity contribution < 1.29 is 14.6 Å². The number of rotatable bonds is 4. The molecule has 4 nitrogen and oxygen atoms in total. The lowest BCUT2D eigenvalue weighted by molar-refractivity contribution is -0.119. The number of benzene rings is 2. The summed E-state index contributed by atoms with van der Waals surface area (Å²) in [5.74, 6) is 1.64. The molecule has 0 heterocycles. The molecule has 2 aromatic rings. The minimum absolute atomic E-state index is 0.0130. The Bertz CT molecular complexity index is 625. The van der Waals surface area contributed by atoms with E-state index in [1.54, 1.807) is 31.3 Å². The average Bonchev–Trinajstić information content (AvgIpc) is 2.44. The van der Waals surface area contributed by atoms with Crippen molar-refractivity contribution in [2.24, 2.45) is 0 Å². The van der Waals surface area contributed by atoms with Gasteiger partial charge in [-0.05, 0) is 54.8 Å². The first-order valence-corrected chi connectivity index (χ1v) is 6.77. The smallest absolute Gasteiger partial charge is 0.224 e. The first-order valence-electron chi connectivity index (χ1n) is 6.77. The summed E-state index contributed by atoms with van der Waals surface area (Å²) >= 11 is 0. The molecule has 2 aromatic carbocycles. The van der Waals surface area contributed by atoms with Crippen molar-refractivity contribution in [2.75, 3.05) is 7.05 Å². The number of phenolic OH excluding ortho intramolecular Hbond substituents is 1. The number of aryl methyl sites for hydroxylation is 2. The zero-order chi connectivity index (χ0) is 15.4. The summed E-state index contributed by atoms with van der Waals surface area (Å²) in [7, 11) is 1.63. The number of ether oxygens (including phenoxy) is 1. The van der Waals surface area contributed by atoms with E-state index in [4.69, 9.17) is 4.74 Å². The third kappa shape index (κ3) is 3.75. The normalized spacial score (nSPS) is 10.2. The standard InChI is InChI=1S/C17H19NO3/c1-11-8-13(10-16(20)18-3)9-12(2)17(11)21-15-6-4-14(19)5-7-15/h4-9,19H,10H2,1-3H3,(H,18,20). The molecule has 0 aliphatic carbocycles. The number of aromatic hydroxyl groups is 1. The lowest BCUT2D eigenvalue weighted by Crippen LogP contribution is -2.20. The first kappa shape index (κ1) is 14.9. The van der Waals surface area contributed by atoms with E-state index < -0.39 is 0 Å². The number of carbonyl (C=O) groups is 1. The molecule has 2 N–H and O–H groups in total. The highest BCUT2D eigenvalue weighted by Gasteiger charge is 2.10. The van der Waals surface area contributed by atoms with Crippen molar-refractivity contribution >= 4 is 5.91 Å². The first-order chi connectivity index (χ1) is 9.99. The minimum atomic E-state index is -0.0130. The molecular weight excluding hydrogens is 266 g/mol. The van der Waals surface area contributed by atoms with E-state index in [2.05, 4.69) is 5.32 Å². The lowest BCUT2D eigenvalue weighted by Gasteiger charge is -2.14. The number of carbonyl (C=O) groups excluding carboxylic acids is 1. The van der Waals surface area contributed by atoms with E-state index in [0.717, 1.165) is 22.4 Å². The minimum Gasteiger partial charge on any atom is -0.508 e. The second-order valence-corrected chi connectivity index (χ2v) is 5.00. The second kappa shape index (κ2) is 6.31. The van der Waals surface area contributed by atoms with Gasteiger partial charge in [-0.25, -0.2) is 0 Å². The molecule has 0 saturated heterocycles. The maximum Gasteiger partial charge on any atom is 0.224 e. The Balaban J connectivity index is 2.24. The Morgan fingerprint density at radius 1 is 1.14 bits per heavy atom. The Labute approximate surface area is 124 Å². The summed E-state index contributed by atoms with van der Waals surface area (Å²) in [6, 6.07) is 10.5. The van der Waals surface area contributed by atoms with Gasteiger partial charge in [0.05, 0.1) is 6.42 Å². The van der Waals surface area contributed by atoms with E-state index in [-0.39, 0.29) is 11.7 Å². The number of likely N-dealkylation sites (N-methyl/N-ethyl adjacent to an activating group) is 1. The molecule has 0 aliphatic heterocycles. The van der Waals surface area contributed by atoms with Crippen molar-refractivity contribution in [3.05, 3.63) is 53.1 Å². The van der Waals surface area contributed by atoms with E-state index >= 15 is 0 Å². The van der Waals surface area contributed by atoms with Crippen molar-refractivity contribution in [3.8, 4) is 17.2 Å². The van der Waals surface area contributed by atoms with Gasteiger partial charge in [0, 0.05) is 7.05 Å². The van der Waals surface area contributed by atoms with Crippen LogP contribution in [0.5, 0.6) is 17.2 Å². The molecule has 0 spiro atoms. The molecule has 0 atom stereocenters. The predicted octanol–water partition coefficient (Wildman–Crippen LogP) is 3.09. The van der Waals surface area contributed by atoms with Gasteiger partial charge in [-0.15, -0.1) is 0 Å². The molecule has 4 heteroatoms. The van der Waals surface area contributed by atoms with Crippen LogP contribution in [0.25, 0.3) is 0 Å².